The summed E-state index contributed by atoms with van der Waals surface area (Å²) in [5.74, 6) is -1.31. The lowest BCUT2D eigenvalue weighted by Gasteiger charge is -2.36. The molecular formula is C13H21NO5S2. The Morgan fingerprint density at radius 1 is 1.24 bits per heavy atom. The summed E-state index contributed by atoms with van der Waals surface area (Å²) in [6.45, 7) is 2.31. The van der Waals surface area contributed by atoms with Gasteiger partial charge >= 0.3 is 5.97 Å². The van der Waals surface area contributed by atoms with Crippen LogP contribution in [-0.4, -0.2) is 60.0 Å². The van der Waals surface area contributed by atoms with Crippen LogP contribution in [0.15, 0.2) is 0 Å². The summed E-state index contributed by atoms with van der Waals surface area (Å²) in [6.07, 6.45) is 2.14. The minimum Gasteiger partial charge on any atom is -0.481 e. The average molecular weight is 335 g/mol. The fraction of sp³-hybridized carbons (Fsp3) is 0.846. The van der Waals surface area contributed by atoms with E-state index in [4.69, 9.17) is 0 Å². The van der Waals surface area contributed by atoms with Gasteiger partial charge in [-0.1, -0.05) is 6.92 Å². The first-order valence-electron chi connectivity index (χ1n) is 7.01. The lowest BCUT2D eigenvalue weighted by Crippen LogP contribution is -2.52. The minimum atomic E-state index is -3.36. The Morgan fingerprint density at radius 2 is 1.86 bits per heavy atom. The van der Waals surface area contributed by atoms with E-state index >= 15 is 0 Å². The predicted molar refractivity (Wildman–Crippen MR) is 80.7 cm³/mol. The maximum atomic E-state index is 12.7. The third kappa shape index (κ3) is 3.53. The molecule has 0 bridgehead atoms. The standard InChI is InChI=1S/C13H21NO5S2/c1-8-5-9(10(6-8)13(16)17)12(15)14-3-4-20-7-11(14)21(2,18)19/h8-11H,3-7H2,1-2H3,(H,16,17). The molecule has 21 heavy (non-hydrogen) atoms. The molecule has 0 aromatic rings. The maximum Gasteiger partial charge on any atom is 0.307 e. The van der Waals surface area contributed by atoms with Crippen LogP contribution in [0.1, 0.15) is 19.8 Å². The molecule has 2 fully saturated rings. The zero-order valence-electron chi connectivity index (χ0n) is 12.2. The van der Waals surface area contributed by atoms with Crippen molar-refractivity contribution in [3.05, 3.63) is 0 Å². The first-order chi connectivity index (χ1) is 9.71. The van der Waals surface area contributed by atoms with Crippen molar-refractivity contribution in [2.45, 2.75) is 25.1 Å². The smallest absolute Gasteiger partial charge is 0.307 e. The first kappa shape index (κ1) is 16.6. The molecule has 4 atom stereocenters. The van der Waals surface area contributed by atoms with E-state index < -0.39 is 33.0 Å². The van der Waals surface area contributed by atoms with Crippen molar-refractivity contribution >= 4 is 33.5 Å². The van der Waals surface area contributed by atoms with Crippen LogP contribution in [0.2, 0.25) is 0 Å². The normalized spacial score (nSPS) is 33.9. The Morgan fingerprint density at radius 3 is 2.43 bits per heavy atom. The summed E-state index contributed by atoms with van der Waals surface area (Å²) < 4.78 is 23.7. The second-order valence-corrected chi connectivity index (χ2v) is 9.37. The van der Waals surface area contributed by atoms with Gasteiger partial charge in [-0.25, -0.2) is 8.42 Å². The van der Waals surface area contributed by atoms with Gasteiger partial charge in [-0.15, -0.1) is 0 Å². The van der Waals surface area contributed by atoms with Gasteiger partial charge in [0.15, 0.2) is 9.84 Å². The van der Waals surface area contributed by atoms with Crippen molar-refractivity contribution in [3.8, 4) is 0 Å². The van der Waals surface area contributed by atoms with E-state index in [0.29, 0.717) is 30.9 Å². The Balaban J connectivity index is 2.22. The summed E-state index contributed by atoms with van der Waals surface area (Å²) in [7, 11) is -3.36. The van der Waals surface area contributed by atoms with Crippen LogP contribution in [0, 0.1) is 17.8 Å². The van der Waals surface area contributed by atoms with E-state index in [9.17, 15) is 23.1 Å². The highest BCUT2D eigenvalue weighted by molar-refractivity contribution is 8.00. The third-order valence-corrected chi connectivity index (χ3v) is 6.94. The highest BCUT2D eigenvalue weighted by atomic mass is 32.2. The second kappa shape index (κ2) is 6.16. The quantitative estimate of drug-likeness (QED) is 0.815. The Hall–Kier alpha value is -0.760. The number of hydrogen-bond donors (Lipinski definition) is 1. The number of amides is 1. The molecule has 1 heterocycles. The molecule has 0 aromatic heterocycles. The Kier molecular flexibility index (Phi) is 4.87. The van der Waals surface area contributed by atoms with Gasteiger partial charge in [-0.3, -0.25) is 9.59 Å². The van der Waals surface area contributed by atoms with Crippen molar-refractivity contribution in [3.63, 3.8) is 0 Å². The summed E-state index contributed by atoms with van der Waals surface area (Å²) in [4.78, 5) is 25.4. The number of aliphatic carboxylic acids is 1. The zero-order valence-corrected chi connectivity index (χ0v) is 13.8. The number of sulfone groups is 1. The van der Waals surface area contributed by atoms with Crippen LogP contribution in [0.25, 0.3) is 0 Å². The second-order valence-electron chi connectivity index (χ2n) is 6.02. The minimum absolute atomic E-state index is 0.177. The molecule has 2 aliphatic rings. The third-order valence-electron chi connectivity index (χ3n) is 4.29. The largest absolute Gasteiger partial charge is 0.481 e. The molecule has 2 rings (SSSR count). The van der Waals surface area contributed by atoms with E-state index in [1.807, 2.05) is 6.92 Å². The first-order valence-corrected chi connectivity index (χ1v) is 10.1. The average Bonchev–Trinajstić information content (AvgIpc) is 2.79. The van der Waals surface area contributed by atoms with E-state index in [-0.39, 0.29) is 11.8 Å². The van der Waals surface area contributed by atoms with Gasteiger partial charge in [0.2, 0.25) is 5.91 Å². The van der Waals surface area contributed by atoms with Crippen LogP contribution >= 0.6 is 11.8 Å². The zero-order chi connectivity index (χ0) is 15.8. The summed E-state index contributed by atoms with van der Waals surface area (Å²) >= 11 is 1.51. The van der Waals surface area contributed by atoms with Gasteiger partial charge in [-0.2, -0.15) is 11.8 Å². The van der Waals surface area contributed by atoms with Gasteiger partial charge in [0.25, 0.3) is 0 Å². The molecule has 1 aliphatic carbocycles. The number of rotatable bonds is 3. The molecule has 1 amide bonds. The summed E-state index contributed by atoms with van der Waals surface area (Å²) in [5.41, 5.74) is 0. The molecular weight excluding hydrogens is 314 g/mol. The van der Waals surface area contributed by atoms with Gasteiger partial charge in [0.05, 0.1) is 11.8 Å². The van der Waals surface area contributed by atoms with Crippen molar-refractivity contribution in [2.75, 3.05) is 24.3 Å². The van der Waals surface area contributed by atoms with Crippen LogP contribution in [0.5, 0.6) is 0 Å². The SMILES string of the molecule is CC1CC(C(=O)O)C(C(=O)N2CCSCC2S(C)(=O)=O)C1. The van der Waals surface area contributed by atoms with E-state index in [1.54, 1.807) is 0 Å². The molecule has 1 N–H and O–H groups in total. The number of carbonyl (C=O) groups is 2. The Bertz CT molecular complexity index is 533. The number of carboxylic acids is 1. The van der Waals surface area contributed by atoms with Gasteiger partial charge in [0, 0.05) is 24.3 Å². The molecule has 8 heteroatoms. The summed E-state index contributed by atoms with van der Waals surface area (Å²) in [6, 6.07) is 0. The lowest BCUT2D eigenvalue weighted by atomic mass is 9.94. The fourth-order valence-electron chi connectivity index (χ4n) is 3.24. The molecule has 6 nitrogen and oxygen atoms in total. The van der Waals surface area contributed by atoms with E-state index in [1.165, 1.54) is 16.7 Å². The van der Waals surface area contributed by atoms with Gasteiger partial charge in [-0.05, 0) is 18.8 Å². The predicted octanol–water partition coefficient (Wildman–Crippen LogP) is 0.679. The Labute approximate surface area is 129 Å². The number of thioether (sulfide) groups is 1. The maximum absolute atomic E-state index is 12.7. The molecule has 0 radical (unpaired) electrons. The number of carbonyl (C=O) groups excluding carboxylic acids is 1. The van der Waals surface area contributed by atoms with Gasteiger partial charge < -0.3 is 10.0 Å². The molecule has 1 aliphatic heterocycles. The number of carboxylic acid groups (broad SMARTS) is 1. The van der Waals surface area contributed by atoms with Crippen molar-refractivity contribution in [2.24, 2.45) is 17.8 Å². The molecule has 120 valence electrons. The monoisotopic (exact) mass is 335 g/mol. The van der Waals surface area contributed by atoms with Gasteiger partial charge in [0.1, 0.15) is 5.37 Å². The highest BCUT2D eigenvalue weighted by Crippen LogP contribution is 2.38. The molecule has 0 aromatic carbocycles. The summed E-state index contributed by atoms with van der Waals surface area (Å²) in [5, 5.41) is 8.46. The molecule has 4 unspecified atom stereocenters. The highest BCUT2D eigenvalue weighted by Gasteiger charge is 2.45. The fourth-order valence-corrected chi connectivity index (χ4v) is 6.06. The van der Waals surface area contributed by atoms with Crippen LogP contribution in [0.4, 0.5) is 0 Å². The van der Waals surface area contributed by atoms with E-state index in [0.717, 1.165) is 6.26 Å². The number of hydrogen-bond acceptors (Lipinski definition) is 5. The van der Waals surface area contributed by atoms with Crippen LogP contribution in [-0.2, 0) is 19.4 Å². The van der Waals surface area contributed by atoms with Crippen molar-refractivity contribution in [1.82, 2.24) is 4.90 Å². The molecule has 1 saturated heterocycles. The van der Waals surface area contributed by atoms with Crippen LogP contribution < -0.4 is 0 Å². The van der Waals surface area contributed by atoms with Crippen molar-refractivity contribution < 1.29 is 23.1 Å². The van der Waals surface area contributed by atoms with E-state index in [2.05, 4.69) is 0 Å². The lowest BCUT2D eigenvalue weighted by molar-refractivity contribution is -0.149. The van der Waals surface area contributed by atoms with Crippen LogP contribution in [0.3, 0.4) is 0 Å². The topological polar surface area (TPSA) is 91.8 Å². The number of nitrogens with zero attached hydrogens (tertiary/aromatic N) is 1. The van der Waals surface area contributed by atoms with Crippen molar-refractivity contribution in [1.29, 1.82) is 0 Å². The molecule has 1 saturated carbocycles. The molecule has 0 spiro atoms.